The molecule has 2 amide bonds. The minimum absolute atomic E-state index is 0.0866. The lowest BCUT2D eigenvalue weighted by Crippen LogP contribution is -2.47. The van der Waals surface area contributed by atoms with Crippen molar-refractivity contribution in [3.8, 4) is 0 Å². The molecule has 2 atom stereocenters. The molecule has 0 fully saturated rings. The molecule has 0 heterocycles. The zero-order valence-electron chi connectivity index (χ0n) is 12.7. The van der Waals surface area contributed by atoms with Crippen molar-refractivity contribution >= 4 is 17.5 Å². The van der Waals surface area contributed by atoms with Crippen molar-refractivity contribution in [2.24, 2.45) is 5.92 Å². The van der Waals surface area contributed by atoms with Gasteiger partial charge in [0.1, 0.15) is 0 Å². The van der Waals surface area contributed by atoms with Crippen LogP contribution in [0.15, 0.2) is 18.2 Å². The van der Waals surface area contributed by atoms with Crippen LogP contribution in [0.1, 0.15) is 27.2 Å². The predicted molar refractivity (Wildman–Crippen MR) is 78.1 cm³/mol. The normalized spacial score (nSPS) is 14.8. The number of rotatable bonds is 5. The average molecular weight is 314 g/mol. The highest BCUT2D eigenvalue weighted by molar-refractivity contribution is 6.39. The SMILES string of the molecule is CC[C@H](C)[C@@](C)(O)CNC(=O)C(=O)Nc1cccc(F)c1F. The number of hydrogen-bond donors (Lipinski definition) is 3. The molecule has 5 nitrogen and oxygen atoms in total. The quantitative estimate of drug-likeness (QED) is 0.725. The summed E-state index contributed by atoms with van der Waals surface area (Å²) in [5.74, 6) is -4.62. The van der Waals surface area contributed by atoms with Gasteiger partial charge in [0.25, 0.3) is 0 Å². The number of nitrogens with one attached hydrogen (secondary N) is 2. The smallest absolute Gasteiger partial charge is 0.313 e. The van der Waals surface area contributed by atoms with Crippen LogP contribution in [-0.4, -0.2) is 29.1 Å². The summed E-state index contributed by atoms with van der Waals surface area (Å²) < 4.78 is 26.4. The lowest BCUT2D eigenvalue weighted by atomic mass is 9.89. The lowest BCUT2D eigenvalue weighted by Gasteiger charge is -2.29. The second-order valence-electron chi connectivity index (χ2n) is 5.40. The van der Waals surface area contributed by atoms with Crippen LogP contribution in [0.2, 0.25) is 0 Å². The monoisotopic (exact) mass is 314 g/mol. The Hall–Kier alpha value is -2.02. The van der Waals surface area contributed by atoms with E-state index in [1.165, 1.54) is 6.07 Å². The van der Waals surface area contributed by atoms with Gasteiger partial charge < -0.3 is 15.7 Å². The number of aliphatic hydroxyl groups is 1. The van der Waals surface area contributed by atoms with Gasteiger partial charge in [0, 0.05) is 6.54 Å². The zero-order valence-corrected chi connectivity index (χ0v) is 12.7. The maximum Gasteiger partial charge on any atom is 0.313 e. The highest BCUT2D eigenvalue weighted by atomic mass is 19.2. The van der Waals surface area contributed by atoms with E-state index in [4.69, 9.17) is 0 Å². The molecular weight excluding hydrogens is 294 g/mol. The molecule has 3 N–H and O–H groups in total. The van der Waals surface area contributed by atoms with Crippen molar-refractivity contribution < 1.29 is 23.5 Å². The van der Waals surface area contributed by atoms with Gasteiger partial charge in [0.2, 0.25) is 0 Å². The van der Waals surface area contributed by atoms with E-state index in [2.05, 4.69) is 5.32 Å². The van der Waals surface area contributed by atoms with Crippen LogP contribution < -0.4 is 10.6 Å². The molecule has 0 unspecified atom stereocenters. The molecule has 0 spiro atoms. The molecule has 0 aliphatic rings. The summed E-state index contributed by atoms with van der Waals surface area (Å²) in [6, 6.07) is 3.24. The molecule has 7 heteroatoms. The number of anilines is 1. The first kappa shape index (κ1) is 18.0. The second-order valence-corrected chi connectivity index (χ2v) is 5.40. The van der Waals surface area contributed by atoms with Gasteiger partial charge in [-0.3, -0.25) is 9.59 Å². The van der Waals surface area contributed by atoms with E-state index in [0.717, 1.165) is 12.1 Å². The molecule has 0 aromatic heterocycles. The topological polar surface area (TPSA) is 78.4 Å². The molecule has 122 valence electrons. The third-order valence-corrected chi connectivity index (χ3v) is 3.69. The van der Waals surface area contributed by atoms with E-state index in [1.54, 1.807) is 6.92 Å². The second kappa shape index (κ2) is 7.31. The summed E-state index contributed by atoms with van der Waals surface area (Å²) >= 11 is 0. The van der Waals surface area contributed by atoms with Crippen molar-refractivity contribution in [3.05, 3.63) is 29.8 Å². The molecule has 0 bridgehead atoms. The van der Waals surface area contributed by atoms with E-state index >= 15 is 0 Å². The van der Waals surface area contributed by atoms with Gasteiger partial charge in [-0.05, 0) is 25.0 Å². The fourth-order valence-corrected chi connectivity index (χ4v) is 1.73. The molecule has 0 saturated carbocycles. The van der Waals surface area contributed by atoms with Crippen LogP contribution in [0.4, 0.5) is 14.5 Å². The van der Waals surface area contributed by atoms with Gasteiger partial charge in [0.05, 0.1) is 11.3 Å². The zero-order chi connectivity index (χ0) is 16.9. The number of carbonyl (C=O) groups excluding carboxylic acids is 2. The van der Waals surface area contributed by atoms with E-state index < -0.39 is 34.7 Å². The molecule has 0 aliphatic carbocycles. The van der Waals surface area contributed by atoms with Crippen LogP contribution in [0.25, 0.3) is 0 Å². The van der Waals surface area contributed by atoms with Gasteiger partial charge in [-0.25, -0.2) is 8.78 Å². The number of halogens is 2. The van der Waals surface area contributed by atoms with E-state index in [-0.39, 0.29) is 12.5 Å². The Morgan fingerprint density at radius 2 is 1.95 bits per heavy atom. The van der Waals surface area contributed by atoms with Crippen molar-refractivity contribution in [3.63, 3.8) is 0 Å². The molecule has 0 aliphatic heterocycles. The Balaban J connectivity index is 2.63. The molecule has 1 rings (SSSR count). The third-order valence-electron chi connectivity index (χ3n) is 3.69. The molecule has 0 radical (unpaired) electrons. The van der Waals surface area contributed by atoms with Gasteiger partial charge in [-0.1, -0.05) is 26.3 Å². The Morgan fingerprint density at radius 3 is 2.55 bits per heavy atom. The van der Waals surface area contributed by atoms with Crippen LogP contribution >= 0.6 is 0 Å². The first-order chi connectivity index (χ1) is 10.2. The summed E-state index contributed by atoms with van der Waals surface area (Å²) in [7, 11) is 0. The third kappa shape index (κ3) is 4.49. The Labute approximate surface area is 127 Å². The first-order valence-corrected chi connectivity index (χ1v) is 6.94. The van der Waals surface area contributed by atoms with Crippen molar-refractivity contribution in [2.75, 3.05) is 11.9 Å². The largest absolute Gasteiger partial charge is 0.388 e. The van der Waals surface area contributed by atoms with E-state index in [1.807, 2.05) is 19.2 Å². The van der Waals surface area contributed by atoms with Gasteiger partial charge in [-0.15, -0.1) is 0 Å². The first-order valence-electron chi connectivity index (χ1n) is 6.94. The van der Waals surface area contributed by atoms with Gasteiger partial charge in [-0.2, -0.15) is 0 Å². The van der Waals surface area contributed by atoms with E-state index in [9.17, 15) is 23.5 Å². The Morgan fingerprint density at radius 1 is 1.32 bits per heavy atom. The lowest BCUT2D eigenvalue weighted by molar-refractivity contribution is -0.137. The summed E-state index contributed by atoms with van der Waals surface area (Å²) in [6.07, 6.45) is 0.698. The standard InChI is InChI=1S/C15H20F2N2O3/c1-4-9(2)15(3,22)8-18-13(20)14(21)19-11-7-5-6-10(16)12(11)17/h5-7,9,22H,4,8H2,1-3H3,(H,18,20)(H,19,21)/t9-,15-/m0/s1. The van der Waals surface area contributed by atoms with Crippen LogP contribution in [0.3, 0.4) is 0 Å². The maximum atomic E-state index is 13.4. The summed E-state index contributed by atoms with van der Waals surface area (Å²) in [4.78, 5) is 23.3. The van der Waals surface area contributed by atoms with Crippen molar-refractivity contribution in [2.45, 2.75) is 32.8 Å². The number of amides is 2. The summed E-state index contributed by atoms with van der Waals surface area (Å²) in [5, 5.41) is 14.4. The summed E-state index contributed by atoms with van der Waals surface area (Å²) in [5.41, 5.74) is -1.59. The Bertz CT molecular complexity index is 562. The fourth-order valence-electron chi connectivity index (χ4n) is 1.73. The minimum Gasteiger partial charge on any atom is -0.388 e. The molecule has 22 heavy (non-hydrogen) atoms. The number of hydrogen-bond acceptors (Lipinski definition) is 3. The molecule has 0 saturated heterocycles. The number of carbonyl (C=O) groups is 2. The Kier molecular flexibility index (Phi) is 5.99. The van der Waals surface area contributed by atoms with Crippen LogP contribution in [-0.2, 0) is 9.59 Å². The van der Waals surface area contributed by atoms with Gasteiger partial charge >= 0.3 is 11.8 Å². The predicted octanol–water partition coefficient (Wildman–Crippen LogP) is 1.82. The van der Waals surface area contributed by atoms with Gasteiger partial charge in [0.15, 0.2) is 11.6 Å². The maximum absolute atomic E-state index is 13.4. The fraction of sp³-hybridized carbons (Fsp3) is 0.467. The molecule has 1 aromatic rings. The summed E-state index contributed by atoms with van der Waals surface area (Å²) in [6.45, 7) is 5.13. The molecule has 1 aromatic carbocycles. The average Bonchev–Trinajstić information content (AvgIpc) is 2.48. The highest BCUT2D eigenvalue weighted by Crippen LogP contribution is 2.19. The van der Waals surface area contributed by atoms with Crippen LogP contribution in [0, 0.1) is 17.6 Å². The highest BCUT2D eigenvalue weighted by Gasteiger charge is 2.28. The molecular formula is C15H20F2N2O3. The van der Waals surface area contributed by atoms with Crippen molar-refractivity contribution in [1.29, 1.82) is 0 Å². The van der Waals surface area contributed by atoms with Crippen molar-refractivity contribution in [1.82, 2.24) is 5.32 Å². The number of benzene rings is 1. The van der Waals surface area contributed by atoms with E-state index in [0.29, 0.717) is 6.42 Å². The van der Waals surface area contributed by atoms with Crippen LogP contribution in [0.5, 0.6) is 0 Å². The minimum atomic E-state index is -1.24.